The second-order valence-corrected chi connectivity index (χ2v) is 6.85. The van der Waals surface area contributed by atoms with Crippen LogP contribution in [0.5, 0.6) is 0 Å². The first-order chi connectivity index (χ1) is 10.2. The SMILES string of the molecule is O=C(O)CCCCCCCCCCCCCC[C@H](Cl)CCl. The van der Waals surface area contributed by atoms with Crippen LogP contribution in [0, 0.1) is 0 Å². The summed E-state index contributed by atoms with van der Waals surface area (Å²) in [6.45, 7) is 0. The van der Waals surface area contributed by atoms with Gasteiger partial charge >= 0.3 is 5.97 Å². The van der Waals surface area contributed by atoms with E-state index < -0.39 is 5.97 Å². The number of alkyl halides is 2. The van der Waals surface area contributed by atoms with Crippen LogP contribution in [0.1, 0.15) is 89.9 Å². The van der Waals surface area contributed by atoms with E-state index in [0.717, 1.165) is 19.3 Å². The maximum Gasteiger partial charge on any atom is 0.303 e. The van der Waals surface area contributed by atoms with Crippen molar-refractivity contribution in [2.24, 2.45) is 0 Å². The fraction of sp³-hybridized carbons (Fsp3) is 0.941. The summed E-state index contributed by atoms with van der Waals surface area (Å²) in [5, 5.41) is 8.67. The lowest BCUT2D eigenvalue weighted by atomic mass is 10.0. The van der Waals surface area contributed by atoms with Crippen molar-refractivity contribution in [1.82, 2.24) is 0 Å². The standard InChI is InChI=1S/C17H32Cl2O2/c18-15-16(19)13-11-9-7-5-3-1-2-4-6-8-10-12-14-17(20)21/h16H,1-15H2,(H,20,21)/t16-/m0/s1. The topological polar surface area (TPSA) is 37.3 Å². The number of aliphatic carboxylic acids is 1. The van der Waals surface area contributed by atoms with Crippen molar-refractivity contribution in [2.75, 3.05) is 5.88 Å². The second-order valence-electron chi connectivity index (χ2n) is 5.93. The Hall–Kier alpha value is 0.0500. The lowest BCUT2D eigenvalue weighted by molar-refractivity contribution is -0.137. The van der Waals surface area contributed by atoms with Crippen LogP contribution in [0.3, 0.4) is 0 Å². The van der Waals surface area contributed by atoms with E-state index in [9.17, 15) is 4.79 Å². The van der Waals surface area contributed by atoms with Crippen molar-refractivity contribution in [3.63, 3.8) is 0 Å². The molecule has 0 heterocycles. The molecule has 4 heteroatoms. The Balaban J connectivity index is 3.01. The highest BCUT2D eigenvalue weighted by Gasteiger charge is 2.01. The number of halogens is 2. The normalized spacial score (nSPS) is 12.5. The number of carboxylic acid groups (broad SMARTS) is 1. The Labute approximate surface area is 140 Å². The third kappa shape index (κ3) is 18.0. The largest absolute Gasteiger partial charge is 0.481 e. The molecule has 2 nitrogen and oxygen atoms in total. The Kier molecular flexibility index (Phi) is 16.5. The number of carboxylic acids is 1. The van der Waals surface area contributed by atoms with E-state index in [1.54, 1.807) is 0 Å². The quantitative estimate of drug-likeness (QED) is 0.262. The van der Waals surface area contributed by atoms with Gasteiger partial charge in [0.05, 0.1) is 0 Å². The third-order valence-corrected chi connectivity index (χ3v) is 4.73. The molecular weight excluding hydrogens is 307 g/mol. The van der Waals surface area contributed by atoms with Gasteiger partial charge in [-0.05, 0) is 12.8 Å². The zero-order valence-electron chi connectivity index (χ0n) is 13.3. The highest BCUT2D eigenvalue weighted by molar-refractivity contribution is 6.28. The van der Waals surface area contributed by atoms with Crippen LogP contribution in [0.4, 0.5) is 0 Å². The average molecular weight is 339 g/mol. The second kappa shape index (κ2) is 16.4. The molecule has 0 aliphatic carbocycles. The van der Waals surface area contributed by atoms with E-state index >= 15 is 0 Å². The molecule has 0 amide bonds. The highest BCUT2D eigenvalue weighted by Crippen LogP contribution is 2.14. The van der Waals surface area contributed by atoms with Gasteiger partial charge in [-0.2, -0.15) is 0 Å². The van der Waals surface area contributed by atoms with Crippen molar-refractivity contribution in [3.05, 3.63) is 0 Å². The number of unbranched alkanes of at least 4 members (excludes halogenated alkanes) is 11. The van der Waals surface area contributed by atoms with Gasteiger partial charge in [-0.3, -0.25) is 4.79 Å². The molecule has 0 bridgehead atoms. The smallest absolute Gasteiger partial charge is 0.303 e. The Bertz CT molecular complexity index is 235. The van der Waals surface area contributed by atoms with E-state index in [4.69, 9.17) is 28.3 Å². The van der Waals surface area contributed by atoms with E-state index in [2.05, 4.69) is 0 Å². The summed E-state index contributed by atoms with van der Waals surface area (Å²) in [4.78, 5) is 10.3. The number of carbonyl (C=O) groups is 1. The number of hydrogen-bond acceptors (Lipinski definition) is 1. The molecule has 0 saturated carbocycles. The summed E-state index contributed by atoms with van der Waals surface area (Å²) in [5.74, 6) is -0.100. The summed E-state index contributed by atoms with van der Waals surface area (Å²) >= 11 is 11.6. The minimum absolute atomic E-state index is 0.155. The molecular formula is C17H32Cl2O2. The lowest BCUT2D eigenvalue weighted by Crippen LogP contribution is -1.99. The Morgan fingerprint density at radius 1 is 0.762 bits per heavy atom. The summed E-state index contributed by atoms with van der Waals surface area (Å²) in [6, 6.07) is 0. The molecule has 1 N–H and O–H groups in total. The molecule has 0 radical (unpaired) electrons. The minimum Gasteiger partial charge on any atom is -0.481 e. The highest BCUT2D eigenvalue weighted by atomic mass is 35.5. The summed E-state index contributed by atoms with van der Waals surface area (Å²) < 4.78 is 0. The van der Waals surface area contributed by atoms with Crippen LogP contribution < -0.4 is 0 Å². The monoisotopic (exact) mass is 338 g/mol. The molecule has 0 fully saturated rings. The zero-order chi connectivity index (χ0) is 15.8. The van der Waals surface area contributed by atoms with Crippen LogP contribution in [0.25, 0.3) is 0 Å². The van der Waals surface area contributed by atoms with E-state index in [1.807, 2.05) is 0 Å². The van der Waals surface area contributed by atoms with Crippen molar-refractivity contribution in [1.29, 1.82) is 0 Å². The molecule has 0 aliphatic rings. The molecule has 0 saturated heterocycles. The van der Waals surface area contributed by atoms with Crippen LogP contribution in [0.2, 0.25) is 0 Å². The molecule has 0 aromatic heterocycles. The third-order valence-electron chi connectivity index (χ3n) is 3.83. The predicted molar refractivity (Wildman–Crippen MR) is 92.6 cm³/mol. The molecule has 126 valence electrons. The van der Waals surface area contributed by atoms with Crippen LogP contribution in [-0.2, 0) is 4.79 Å². The van der Waals surface area contributed by atoms with E-state index in [0.29, 0.717) is 12.3 Å². The van der Waals surface area contributed by atoms with Gasteiger partial charge in [0.2, 0.25) is 0 Å². The van der Waals surface area contributed by atoms with Gasteiger partial charge < -0.3 is 5.11 Å². The molecule has 0 unspecified atom stereocenters. The molecule has 0 spiro atoms. The van der Waals surface area contributed by atoms with Crippen LogP contribution >= 0.6 is 23.2 Å². The van der Waals surface area contributed by atoms with E-state index in [-0.39, 0.29) is 5.38 Å². The first-order valence-corrected chi connectivity index (χ1v) is 9.55. The maximum atomic E-state index is 10.3. The lowest BCUT2D eigenvalue weighted by Gasteiger charge is -2.05. The maximum absolute atomic E-state index is 10.3. The molecule has 0 aromatic rings. The Morgan fingerprint density at radius 2 is 1.14 bits per heavy atom. The first kappa shape index (κ1) is 21.0. The fourth-order valence-corrected chi connectivity index (χ4v) is 2.80. The van der Waals surface area contributed by atoms with Crippen molar-refractivity contribution in [3.8, 4) is 0 Å². The van der Waals surface area contributed by atoms with Crippen LogP contribution in [-0.4, -0.2) is 22.3 Å². The number of rotatable bonds is 16. The molecule has 0 aromatic carbocycles. The molecule has 21 heavy (non-hydrogen) atoms. The Morgan fingerprint density at radius 3 is 1.52 bits per heavy atom. The first-order valence-electron chi connectivity index (χ1n) is 8.58. The summed E-state index contributed by atoms with van der Waals surface area (Å²) in [5.41, 5.74) is 0. The van der Waals surface area contributed by atoms with Gasteiger partial charge in [0.1, 0.15) is 0 Å². The van der Waals surface area contributed by atoms with Gasteiger partial charge in [-0.15, -0.1) is 23.2 Å². The van der Waals surface area contributed by atoms with Gasteiger partial charge in [0.15, 0.2) is 0 Å². The van der Waals surface area contributed by atoms with E-state index in [1.165, 1.54) is 64.2 Å². The van der Waals surface area contributed by atoms with Crippen LogP contribution in [0.15, 0.2) is 0 Å². The van der Waals surface area contributed by atoms with Gasteiger partial charge in [-0.1, -0.05) is 70.6 Å². The van der Waals surface area contributed by atoms with Crippen molar-refractivity contribution in [2.45, 2.75) is 95.3 Å². The van der Waals surface area contributed by atoms with Gasteiger partial charge in [0.25, 0.3) is 0 Å². The molecule has 1 atom stereocenters. The number of hydrogen-bond donors (Lipinski definition) is 1. The average Bonchev–Trinajstić information content (AvgIpc) is 2.46. The fourth-order valence-electron chi connectivity index (χ4n) is 2.49. The minimum atomic E-state index is -0.667. The van der Waals surface area contributed by atoms with Crippen molar-refractivity contribution >= 4 is 29.2 Å². The van der Waals surface area contributed by atoms with Gasteiger partial charge in [-0.25, -0.2) is 0 Å². The summed E-state index contributed by atoms with van der Waals surface area (Å²) in [6.07, 6.45) is 16.2. The van der Waals surface area contributed by atoms with Gasteiger partial charge in [0, 0.05) is 17.7 Å². The predicted octanol–water partition coefficient (Wildman–Crippen LogP) is 6.38. The zero-order valence-corrected chi connectivity index (χ0v) is 14.8. The molecule has 0 rings (SSSR count). The van der Waals surface area contributed by atoms with Crippen molar-refractivity contribution < 1.29 is 9.90 Å². The summed E-state index contributed by atoms with van der Waals surface area (Å²) in [7, 11) is 0. The molecule has 0 aliphatic heterocycles.